The van der Waals surface area contributed by atoms with E-state index < -0.39 is 0 Å². The molecular formula is C13H10FN3O. The van der Waals surface area contributed by atoms with Crippen molar-refractivity contribution in [3.63, 3.8) is 0 Å². The fourth-order valence-electron chi connectivity index (χ4n) is 1.43. The number of nitrogen functional groups attached to an aromatic ring is 1. The van der Waals surface area contributed by atoms with Crippen molar-refractivity contribution in [2.24, 2.45) is 0 Å². The highest BCUT2D eigenvalue weighted by Crippen LogP contribution is 2.22. The van der Waals surface area contributed by atoms with E-state index in [-0.39, 0.29) is 29.6 Å². The molecule has 0 aliphatic carbocycles. The van der Waals surface area contributed by atoms with Crippen LogP contribution in [-0.4, -0.2) is 4.98 Å². The molecule has 5 heteroatoms. The van der Waals surface area contributed by atoms with Crippen LogP contribution in [0.4, 0.5) is 10.1 Å². The van der Waals surface area contributed by atoms with Crippen molar-refractivity contribution in [3.05, 3.63) is 53.5 Å². The summed E-state index contributed by atoms with van der Waals surface area (Å²) in [6.07, 6.45) is 1.42. The van der Waals surface area contributed by atoms with Crippen LogP contribution in [0.5, 0.6) is 5.88 Å². The molecular weight excluding hydrogens is 233 g/mol. The van der Waals surface area contributed by atoms with Crippen LogP contribution < -0.4 is 10.5 Å². The second-order valence-corrected chi connectivity index (χ2v) is 3.57. The average molecular weight is 243 g/mol. The number of nitrogens with two attached hydrogens (primary N) is 1. The first-order chi connectivity index (χ1) is 8.72. The van der Waals surface area contributed by atoms with Crippen molar-refractivity contribution >= 4 is 5.69 Å². The summed E-state index contributed by atoms with van der Waals surface area (Å²) in [6, 6.07) is 9.69. The van der Waals surface area contributed by atoms with Gasteiger partial charge in [0, 0.05) is 11.8 Å². The topological polar surface area (TPSA) is 71.9 Å². The number of pyridine rings is 1. The Morgan fingerprint density at radius 2 is 2.11 bits per heavy atom. The highest BCUT2D eigenvalue weighted by molar-refractivity contribution is 5.59. The molecule has 0 aliphatic heterocycles. The summed E-state index contributed by atoms with van der Waals surface area (Å²) in [5.74, 6) is -0.218. The Morgan fingerprint density at radius 3 is 2.83 bits per heavy atom. The molecule has 2 N–H and O–H groups in total. The Morgan fingerprint density at radius 1 is 1.33 bits per heavy atom. The van der Waals surface area contributed by atoms with Gasteiger partial charge in [0.2, 0.25) is 5.88 Å². The minimum atomic E-state index is -0.354. The summed E-state index contributed by atoms with van der Waals surface area (Å²) in [6.45, 7) is 0.0127. The van der Waals surface area contributed by atoms with Gasteiger partial charge in [0.05, 0.1) is 5.56 Å². The number of aromatic nitrogens is 1. The summed E-state index contributed by atoms with van der Waals surface area (Å²) in [7, 11) is 0. The molecule has 18 heavy (non-hydrogen) atoms. The summed E-state index contributed by atoms with van der Waals surface area (Å²) in [5, 5.41) is 8.80. The third-order valence-corrected chi connectivity index (χ3v) is 2.40. The van der Waals surface area contributed by atoms with Crippen LogP contribution in [0.2, 0.25) is 0 Å². The van der Waals surface area contributed by atoms with E-state index in [1.165, 1.54) is 18.3 Å². The molecule has 1 heterocycles. The number of benzene rings is 1. The van der Waals surface area contributed by atoms with Gasteiger partial charge in [-0.3, -0.25) is 0 Å². The molecule has 0 bridgehead atoms. The van der Waals surface area contributed by atoms with E-state index in [0.29, 0.717) is 5.56 Å². The maximum absolute atomic E-state index is 13.4. The number of nitrogens with zero attached hydrogens (tertiary/aromatic N) is 2. The van der Waals surface area contributed by atoms with Crippen LogP contribution in [0.1, 0.15) is 11.1 Å². The second kappa shape index (κ2) is 5.15. The molecule has 0 spiro atoms. The van der Waals surface area contributed by atoms with Crippen LogP contribution in [0.15, 0.2) is 36.5 Å². The molecule has 2 rings (SSSR count). The number of rotatable bonds is 3. The lowest BCUT2D eigenvalue weighted by molar-refractivity contribution is 0.290. The van der Waals surface area contributed by atoms with E-state index in [1.54, 1.807) is 18.2 Å². The van der Waals surface area contributed by atoms with Crippen molar-refractivity contribution in [1.82, 2.24) is 4.98 Å². The van der Waals surface area contributed by atoms with Crippen molar-refractivity contribution < 1.29 is 9.13 Å². The van der Waals surface area contributed by atoms with Crippen molar-refractivity contribution in [3.8, 4) is 11.9 Å². The molecule has 0 amide bonds. The summed E-state index contributed by atoms with van der Waals surface area (Å²) in [4.78, 5) is 3.91. The molecule has 0 aliphatic rings. The molecule has 0 fully saturated rings. The van der Waals surface area contributed by atoms with Gasteiger partial charge in [0.15, 0.2) is 0 Å². The lowest BCUT2D eigenvalue weighted by Gasteiger charge is -2.08. The Kier molecular flexibility index (Phi) is 3.39. The zero-order valence-electron chi connectivity index (χ0n) is 9.43. The fraction of sp³-hybridized carbons (Fsp3) is 0.0769. The van der Waals surface area contributed by atoms with Gasteiger partial charge in [0.1, 0.15) is 24.2 Å². The zero-order chi connectivity index (χ0) is 13.0. The largest absolute Gasteiger partial charge is 0.471 e. The van der Waals surface area contributed by atoms with E-state index in [0.717, 1.165) is 0 Å². The summed E-state index contributed by atoms with van der Waals surface area (Å²) < 4.78 is 18.7. The number of halogens is 1. The van der Waals surface area contributed by atoms with Gasteiger partial charge in [-0.2, -0.15) is 5.26 Å². The van der Waals surface area contributed by atoms with Crippen molar-refractivity contribution in [2.75, 3.05) is 5.73 Å². The standard InChI is InChI=1S/C13H10FN3O/c14-11-4-2-1-3-10(11)8-18-13-12(16)9(7-15)5-6-17-13/h1-6H,8,16H2. The van der Waals surface area contributed by atoms with E-state index in [2.05, 4.69) is 4.98 Å². The number of nitriles is 1. The molecule has 2 aromatic rings. The van der Waals surface area contributed by atoms with Crippen LogP contribution in [-0.2, 0) is 6.61 Å². The van der Waals surface area contributed by atoms with Gasteiger partial charge in [-0.05, 0) is 12.1 Å². The Labute approximate surface area is 103 Å². The van der Waals surface area contributed by atoms with E-state index >= 15 is 0 Å². The van der Waals surface area contributed by atoms with Crippen molar-refractivity contribution in [2.45, 2.75) is 6.61 Å². The normalized spacial score (nSPS) is 9.78. The van der Waals surface area contributed by atoms with Gasteiger partial charge in [-0.15, -0.1) is 0 Å². The first-order valence-corrected chi connectivity index (χ1v) is 5.23. The first kappa shape index (κ1) is 11.9. The Balaban J connectivity index is 2.17. The number of ether oxygens (including phenoxy) is 1. The van der Waals surface area contributed by atoms with Gasteiger partial charge < -0.3 is 10.5 Å². The lowest BCUT2D eigenvalue weighted by atomic mass is 10.2. The molecule has 0 saturated carbocycles. The predicted molar refractivity (Wildman–Crippen MR) is 64.1 cm³/mol. The second-order valence-electron chi connectivity index (χ2n) is 3.57. The quantitative estimate of drug-likeness (QED) is 0.897. The minimum Gasteiger partial charge on any atom is -0.471 e. The third kappa shape index (κ3) is 2.38. The molecule has 0 unspecified atom stereocenters. The summed E-state index contributed by atoms with van der Waals surface area (Å²) in [5.41, 5.74) is 6.55. The minimum absolute atomic E-state index is 0.0127. The third-order valence-electron chi connectivity index (χ3n) is 2.40. The molecule has 90 valence electrons. The molecule has 1 aromatic heterocycles. The van der Waals surface area contributed by atoms with Crippen LogP contribution in [0, 0.1) is 17.1 Å². The maximum atomic E-state index is 13.4. The first-order valence-electron chi connectivity index (χ1n) is 5.23. The van der Waals surface area contributed by atoms with Gasteiger partial charge >= 0.3 is 0 Å². The van der Waals surface area contributed by atoms with Gasteiger partial charge in [0.25, 0.3) is 0 Å². The maximum Gasteiger partial charge on any atom is 0.238 e. The highest BCUT2D eigenvalue weighted by atomic mass is 19.1. The van der Waals surface area contributed by atoms with Gasteiger partial charge in [-0.25, -0.2) is 9.37 Å². The van der Waals surface area contributed by atoms with Gasteiger partial charge in [-0.1, -0.05) is 18.2 Å². The number of anilines is 1. The monoisotopic (exact) mass is 243 g/mol. The smallest absolute Gasteiger partial charge is 0.238 e. The zero-order valence-corrected chi connectivity index (χ0v) is 9.43. The fourth-order valence-corrected chi connectivity index (χ4v) is 1.43. The summed E-state index contributed by atoms with van der Waals surface area (Å²) >= 11 is 0. The number of hydrogen-bond acceptors (Lipinski definition) is 4. The number of hydrogen-bond donors (Lipinski definition) is 1. The Bertz CT molecular complexity index is 607. The van der Waals surface area contributed by atoms with Crippen LogP contribution >= 0.6 is 0 Å². The average Bonchev–Trinajstić information content (AvgIpc) is 2.39. The van der Waals surface area contributed by atoms with Crippen molar-refractivity contribution in [1.29, 1.82) is 5.26 Å². The van der Waals surface area contributed by atoms with Crippen LogP contribution in [0.25, 0.3) is 0 Å². The predicted octanol–water partition coefficient (Wildman–Crippen LogP) is 2.25. The molecule has 0 radical (unpaired) electrons. The lowest BCUT2D eigenvalue weighted by Crippen LogP contribution is -2.03. The van der Waals surface area contributed by atoms with E-state index in [4.69, 9.17) is 15.7 Å². The van der Waals surface area contributed by atoms with E-state index in [1.807, 2.05) is 6.07 Å². The molecule has 4 nitrogen and oxygen atoms in total. The SMILES string of the molecule is N#Cc1ccnc(OCc2ccccc2F)c1N. The molecule has 1 aromatic carbocycles. The highest BCUT2D eigenvalue weighted by Gasteiger charge is 2.08. The molecule has 0 saturated heterocycles. The Hall–Kier alpha value is -2.61. The molecule has 0 atom stereocenters. The van der Waals surface area contributed by atoms with E-state index in [9.17, 15) is 4.39 Å². The van der Waals surface area contributed by atoms with Crippen LogP contribution in [0.3, 0.4) is 0 Å².